The monoisotopic (exact) mass is 295 g/mol. The van der Waals surface area contributed by atoms with Crippen LogP contribution in [0.4, 0.5) is 0 Å². The number of furan rings is 1. The van der Waals surface area contributed by atoms with E-state index in [4.69, 9.17) is 16.0 Å². The van der Waals surface area contributed by atoms with E-state index in [0.29, 0.717) is 18.8 Å². The van der Waals surface area contributed by atoms with Crippen molar-refractivity contribution in [2.75, 3.05) is 24.6 Å². The third kappa shape index (κ3) is 2.99. The largest absolute Gasteiger partial charge is 0.447 e. The first-order chi connectivity index (χ1) is 8.14. The number of thioether (sulfide) groups is 1. The van der Waals surface area contributed by atoms with E-state index < -0.39 is 10.0 Å². The van der Waals surface area contributed by atoms with Gasteiger partial charge in [-0.25, -0.2) is 8.42 Å². The number of nitrogens with zero attached hydrogens (tertiary/aromatic N) is 1. The van der Waals surface area contributed by atoms with Gasteiger partial charge in [-0.05, 0) is 24.3 Å². The van der Waals surface area contributed by atoms with E-state index in [1.54, 1.807) is 17.8 Å². The zero-order valence-corrected chi connectivity index (χ0v) is 11.7. The molecule has 96 valence electrons. The zero-order chi connectivity index (χ0) is 12.3. The molecule has 1 aliphatic rings. The summed E-state index contributed by atoms with van der Waals surface area (Å²) in [6.45, 7) is 1.11. The highest BCUT2D eigenvalue weighted by Gasteiger charge is 2.28. The molecule has 0 amide bonds. The number of sulfonamides is 1. The molecule has 7 heteroatoms. The Labute approximate surface area is 110 Å². The first kappa shape index (κ1) is 13.3. The van der Waals surface area contributed by atoms with Gasteiger partial charge in [0.05, 0.1) is 5.88 Å². The molecule has 0 unspecified atom stereocenters. The van der Waals surface area contributed by atoms with Crippen LogP contribution >= 0.6 is 23.4 Å². The van der Waals surface area contributed by atoms with Gasteiger partial charge in [0.15, 0.2) is 0 Å². The molecule has 0 N–H and O–H groups in total. The summed E-state index contributed by atoms with van der Waals surface area (Å²) in [5, 5.41) is 0.0000463. The van der Waals surface area contributed by atoms with Gasteiger partial charge in [0.1, 0.15) is 5.76 Å². The summed E-state index contributed by atoms with van der Waals surface area (Å²) >= 11 is 7.38. The lowest BCUT2D eigenvalue weighted by Crippen LogP contribution is -2.32. The molecule has 0 radical (unpaired) electrons. The fourth-order valence-electron chi connectivity index (χ4n) is 1.66. The molecule has 0 bridgehead atoms. The molecule has 1 aromatic rings. The molecule has 0 atom stereocenters. The second-order valence-electron chi connectivity index (χ2n) is 3.72. The summed E-state index contributed by atoms with van der Waals surface area (Å²) in [6, 6.07) is 3.08. The zero-order valence-electron chi connectivity index (χ0n) is 9.26. The summed E-state index contributed by atoms with van der Waals surface area (Å²) in [5.74, 6) is 2.51. The minimum Gasteiger partial charge on any atom is -0.447 e. The highest BCUT2D eigenvalue weighted by Crippen LogP contribution is 2.22. The van der Waals surface area contributed by atoms with Crippen LogP contribution in [-0.4, -0.2) is 37.3 Å². The molecule has 0 aromatic carbocycles. The number of hydrogen-bond donors (Lipinski definition) is 0. The number of hydrogen-bond acceptors (Lipinski definition) is 4. The van der Waals surface area contributed by atoms with E-state index in [1.807, 2.05) is 0 Å². The lowest BCUT2D eigenvalue weighted by atomic mass is 10.5. The Balaban J connectivity index is 2.22. The van der Waals surface area contributed by atoms with Crippen LogP contribution < -0.4 is 0 Å². The Bertz CT molecular complexity index is 464. The third-order valence-corrected chi connectivity index (χ3v) is 5.63. The van der Waals surface area contributed by atoms with Crippen LogP contribution in [0.3, 0.4) is 0 Å². The normalized spacial score (nSPS) is 19.1. The molecule has 2 rings (SSSR count). The lowest BCUT2D eigenvalue weighted by Gasteiger charge is -2.17. The first-order valence-electron chi connectivity index (χ1n) is 5.37. The van der Waals surface area contributed by atoms with Crippen molar-refractivity contribution in [3.8, 4) is 0 Å². The van der Waals surface area contributed by atoms with E-state index >= 15 is 0 Å². The lowest BCUT2D eigenvalue weighted by molar-refractivity contribution is 0.382. The van der Waals surface area contributed by atoms with Gasteiger partial charge in [0.2, 0.25) is 5.09 Å². The summed E-state index contributed by atoms with van der Waals surface area (Å²) in [4.78, 5) is 0. The van der Waals surface area contributed by atoms with Crippen molar-refractivity contribution in [2.24, 2.45) is 0 Å². The van der Waals surface area contributed by atoms with Gasteiger partial charge in [-0.15, -0.1) is 11.6 Å². The maximum absolute atomic E-state index is 12.2. The first-order valence-corrected chi connectivity index (χ1v) is 8.50. The van der Waals surface area contributed by atoms with Crippen molar-refractivity contribution in [3.05, 3.63) is 17.9 Å². The SMILES string of the molecule is O=S(=O)(c1ccc(CCl)o1)N1CCCSCC1. The molecule has 1 aromatic heterocycles. The van der Waals surface area contributed by atoms with Gasteiger partial charge in [0.25, 0.3) is 10.0 Å². The van der Waals surface area contributed by atoms with E-state index in [9.17, 15) is 8.42 Å². The van der Waals surface area contributed by atoms with Crippen LogP contribution in [0.15, 0.2) is 21.6 Å². The Morgan fingerprint density at radius 1 is 1.35 bits per heavy atom. The molecule has 0 aliphatic carbocycles. The second-order valence-corrected chi connectivity index (χ2v) is 7.09. The van der Waals surface area contributed by atoms with E-state index in [-0.39, 0.29) is 11.0 Å². The topological polar surface area (TPSA) is 50.5 Å². The van der Waals surface area contributed by atoms with E-state index in [2.05, 4.69) is 0 Å². The Kier molecular flexibility index (Phi) is 4.41. The van der Waals surface area contributed by atoms with Crippen molar-refractivity contribution >= 4 is 33.4 Å². The van der Waals surface area contributed by atoms with Crippen LogP contribution in [0.2, 0.25) is 0 Å². The fourth-order valence-corrected chi connectivity index (χ4v) is 4.21. The molecule has 0 spiro atoms. The summed E-state index contributed by atoms with van der Waals surface area (Å²) in [6.07, 6.45) is 0.882. The molecule has 17 heavy (non-hydrogen) atoms. The molecule has 1 fully saturated rings. The van der Waals surface area contributed by atoms with Gasteiger partial charge in [-0.3, -0.25) is 0 Å². The van der Waals surface area contributed by atoms with Gasteiger partial charge >= 0.3 is 0 Å². The van der Waals surface area contributed by atoms with Crippen LogP contribution in [-0.2, 0) is 15.9 Å². The number of alkyl halides is 1. The molecular formula is C10H14ClNO3S2. The summed E-state index contributed by atoms with van der Waals surface area (Å²) in [7, 11) is -3.48. The number of rotatable bonds is 3. The fraction of sp³-hybridized carbons (Fsp3) is 0.600. The van der Waals surface area contributed by atoms with Crippen LogP contribution in [0, 0.1) is 0 Å². The predicted octanol–water partition coefficient (Wildman–Crippen LogP) is 2.15. The highest BCUT2D eigenvalue weighted by atomic mass is 35.5. The predicted molar refractivity (Wildman–Crippen MR) is 69.0 cm³/mol. The van der Waals surface area contributed by atoms with Crippen LogP contribution in [0.25, 0.3) is 0 Å². The highest BCUT2D eigenvalue weighted by molar-refractivity contribution is 7.99. The molecule has 4 nitrogen and oxygen atoms in total. The molecular weight excluding hydrogens is 282 g/mol. The van der Waals surface area contributed by atoms with Gasteiger partial charge in [-0.2, -0.15) is 16.1 Å². The Morgan fingerprint density at radius 2 is 2.18 bits per heavy atom. The van der Waals surface area contributed by atoms with Crippen molar-refractivity contribution in [2.45, 2.75) is 17.4 Å². The van der Waals surface area contributed by atoms with Gasteiger partial charge in [-0.1, -0.05) is 0 Å². The van der Waals surface area contributed by atoms with Crippen molar-refractivity contribution in [1.82, 2.24) is 4.31 Å². The third-order valence-electron chi connectivity index (χ3n) is 2.54. The molecule has 1 aliphatic heterocycles. The maximum atomic E-state index is 12.2. The number of halogens is 1. The molecule has 0 saturated carbocycles. The Hall–Kier alpha value is -0.170. The standard InChI is InChI=1S/C10H14ClNO3S2/c11-8-9-2-3-10(15-9)17(13,14)12-4-1-6-16-7-5-12/h2-3H,1,4-8H2. The summed E-state index contributed by atoms with van der Waals surface area (Å²) in [5.41, 5.74) is 0. The Morgan fingerprint density at radius 3 is 2.88 bits per heavy atom. The van der Waals surface area contributed by atoms with E-state index in [1.165, 1.54) is 10.4 Å². The van der Waals surface area contributed by atoms with Crippen LogP contribution in [0.5, 0.6) is 0 Å². The van der Waals surface area contributed by atoms with Crippen molar-refractivity contribution in [1.29, 1.82) is 0 Å². The van der Waals surface area contributed by atoms with E-state index in [0.717, 1.165) is 17.9 Å². The smallest absolute Gasteiger partial charge is 0.276 e. The van der Waals surface area contributed by atoms with Crippen molar-refractivity contribution in [3.63, 3.8) is 0 Å². The minimum atomic E-state index is -3.48. The second kappa shape index (κ2) is 5.65. The average molecular weight is 296 g/mol. The van der Waals surface area contributed by atoms with Gasteiger partial charge in [0, 0.05) is 18.8 Å². The van der Waals surface area contributed by atoms with Gasteiger partial charge < -0.3 is 4.42 Å². The van der Waals surface area contributed by atoms with Crippen LogP contribution in [0.1, 0.15) is 12.2 Å². The summed E-state index contributed by atoms with van der Waals surface area (Å²) < 4.78 is 31.2. The molecule has 1 saturated heterocycles. The average Bonchev–Trinajstić information content (AvgIpc) is 2.64. The maximum Gasteiger partial charge on any atom is 0.276 e. The van der Waals surface area contributed by atoms with Crippen molar-refractivity contribution < 1.29 is 12.8 Å². The molecule has 2 heterocycles. The minimum absolute atomic E-state index is 0.0000463. The quantitative estimate of drug-likeness (QED) is 0.802.